The Morgan fingerprint density at radius 3 is 2.10 bits per heavy atom. The predicted octanol–water partition coefficient (Wildman–Crippen LogP) is 3.39. The fraction of sp³-hybridized carbons (Fsp3) is 0. The second-order valence-electron chi connectivity index (χ2n) is 3.63. The quantitative estimate of drug-likeness (QED) is 0.679. The molecule has 0 amide bonds. The van der Waals surface area contributed by atoms with Crippen LogP contribution in [0.25, 0.3) is 0 Å². The maximum Gasteiger partial charge on any atom is 0.253 e. The molecule has 0 aliphatic rings. The molecule has 0 saturated carbocycles. The van der Waals surface area contributed by atoms with Crippen molar-refractivity contribution in [2.24, 2.45) is 0 Å². The number of anilines is 2. The van der Waals surface area contributed by atoms with E-state index in [1.54, 1.807) is 6.07 Å². The zero-order valence-corrected chi connectivity index (χ0v) is 9.52. The molecular weight excluding hydrogens is 281 g/mol. The molecule has 0 bridgehead atoms. The van der Waals surface area contributed by atoms with E-state index in [-0.39, 0.29) is 5.56 Å². The molecule has 0 aliphatic carbocycles. The van der Waals surface area contributed by atoms with Crippen molar-refractivity contribution in [3.8, 4) is 6.07 Å². The fourth-order valence-corrected chi connectivity index (χ4v) is 1.42. The Morgan fingerprint density at radius 1 is 1.00 bits per heavy atom. The van der Waals surface area contributed by atoms with Gasteiger partial charge in [0.15, 0.2) is 0 Å². The molecule has 0 radical (unpaired) electrons. The Balaban J connectivity index is 2.48. The summed E-state index contributed by atoms with van der Waals surface area (Å²) >= 11 is 0. The Morgan fingerprint density at radius 2 is 1.60 bits per heavy atom. The normalized spacial score (nSPS) is 10.2. The van der Waals surface area contributed by atoms with E-state index < -0.39 is 40.7 Å². The van der Waals surface area contributed by atoms with E-state index in [1.165, 1.54) is 0 Å². The van der Waals surface area contributed by atoms with Gasteiger partial charge in [-0.15, -0.1) is 0 Å². The minimum absolute atomic E-state index is 0.0268. The first-order chi connectivity index (χ1) is 9.43. The third-order valence-electron chi connectivity index (χ3n) is 2.36. The molecule has 3 nitrogen and oxygen atoms in total. The van der Waals surface area contributed by atoms with Crippen molar-refractivity contribution in [3.63, 3.8) is 0 Å². The number of benzene rings is 1. The van der Waals surface area contributed by atoms with Gasteiger partial charge >= 0.3 is 0 Å². The number of pyridine rings is 1. The van der Waals surface area contributed by atoms with Crippen LogP contribution in [-0.4, -0.2) is 4.98 Å². The van der Waals surface area contributed by atoms with Gasteiger partial charge in [-0.2, -0.15) is 27.8 Å². The van der Waals surface area contributed by atoms with Crippen LogP contribution >= 0.6 is 0 Å². The SMILES string of the molecule is N#Cc1ccc(Nc2c(F)c(F)nc(F)c2F)c(F)c1. The highest BCUT2D eigenvalue weighted by Gasteiger charge is 2.21. The molecule has 0 unspecified atom stereocenters. The maximum absolute atomic E-state index is 13.5. The minimum Gasteiger partial charge on any atom is -0.348 e. The number of aromatic nitrogens is 1. The first-order valence-electron chi connectivity index (χ1n) is 5.10. The summed E-state index contributed by atoms with van der Waals surface area (Å²) in [6.07, 6.45) is 0. The van der Waals surface area contributed by atoms with Crippen LogP contribution in [0.3, 0.4) is 0 Å². The lowest BCUT2D eigenvalue weighted by Gasteiger charge is -2.10. The summed E-state index contributed by atoms with van der Waals surface area (Å²) in [6, 6.07) is 4.62. The monoisotopic (exact) mass is 285 g/mol. The third kappa shape index (κ3) is 2.38. The molecule has 1 N–H and O–H groups in total. The van der Waals surface area contributed by atoms with E-state index in [2.05, 4.69) is 4.98 Å². The van der Waals surface area contributed by atoms with E-state index in [4.69, 9.17) is 5.26 Å². The number of nitrogens with zero attached hydrogens (tertiary/aromatic N) is 2. The van der Waals surface area contributed by atoms with Crippen molar-refractivity contribution in [3.05, 3.63) is 53.1 Å². The Labute approximate surface area is 109 Å². The van der Waals surface area contributed by atoms with Crippen molar-refractivity contribution >= 4 is 11.4 Å². The predicted molar refractivity (Wildman–Crippen MR) is 58.5 cm³/mol. The number of hydrogen-bond acceptors (Lipinski definition) is 3. The molecule has 0 aliphatic heterocycles. The molecular formula is C12H4F5N3. The van der Waals surface area contributed by atoms with Gasteiger partial charge in [0.1, 0.15) is 11.5 Å². The van der Waals surface area contributed by atoms with Crippen LogP contribution in [0.4, 0.5) is 33.3 Å². The zero-order valence-electron chi connectivity index (χ0n) is 9.52. The minimum atomic E-state index is -1.86. The highest BCUT2D eigenvalue weighted by atomic mass is 19.2. The standard InChI is InChI=1S/C12H4F5N3/c13-6-3-5(4-18)1-2-7(6)19-10-8(14)11(16)20-12(17)9(10)15/h1-3H,(H,19,20). The van der Waals surface area contributed by atoms with Crippen LogP contribution < -0.4 is 5.32 Å². The Bertz CT molecular complexity index is 698. The van der Waals surface area contributed by atoms with Gasteiger partial charge in [0, 0.05) is 0 Å². The average Bonchev–Trinajstić information content (AvgIpc) is 2.42. The summed E-state index contributed by atoms with van der Waals surface area (Å²) in [4.78, 5) is 2.36. The highest BCUT2D eigenvalue weighted by molar-refractivity contribution is 5.62. The summed E-state index contributed by atoms with van der Waals surface area (Å²) in [5, 5.41) is 10.4. The largest absolute Gasteiger partial charge is 0.348 e. The Kier molecular flexibility index (Phi) is 3.52. The van der Waals surface area contributed by atoms with Crippen molar-refractivity contribution in [1.29, 1.82) is 5.26 Å². The smallest absolute Gasteiger partial charge is 0.253 e. The number of nitrogens with one attached hydrogen (secondary N) is 1. The summed E-state index contributed by atoms with van der Waals surface area (Å²) in [7, 11) is 0. The van der Waals surface area contributed by atoms with Crippen LogP contribution in [0, 0.1) is 40.7 Å². The highest BCUT2D eigenvalue weighted by Crippen LogP contribution is 2.27. The zero-order chi connectivity index (χ0) is 14.9. The van der Waals surface area contributed by atoms with E-state index in [9.17, 15) is 22.0 Å². The van der Waals surface area contributed by atoms with Crippen molar-refractivity contribution in [2.75, 3.05) is 5.32 Å². The van der Waals surface area contributed by atoms with Crippen LogP contribution in [0.1, 0.15) is 5.56 Å². The van der Waals surface area contributed by atoms with Gasteiger partial charge in [-0.1, -0.05) is 0 Å². The lowest BCUT2D eigenvalue weighted by molar-refractivity contribution is 0.411. The van der Waals surface area contributed by atoms with E-state index >= 15 is 0 Å². The van der Waals surface area contributed by atoms with Crippen LogP contribution in [0.5, 0.6) is 0 Å². The second kappa shape index (κ2) is 5.13. The molecule has 1 heterocycles. The number of nitriles is 1. The van der Waals surface area contributed by atoms with Gasteiger partial charge in [-0.25, -0.2) is 4.39 Å². The molecule has 0 spiro atoms. The summed E-state index contributed by atoms with van der Waals surface area (Å²) < 4.78 is 65.9. The molecule has 2 aromatic rings. The number of rotatable bonds is 2. The summed E-state index contributed by atoms with van der Waals surface area (Å²) in [6.45, 7) is 0. The van der Waals surface area contributed by atoms with Crippen molar-refractivity contribution in [2.45, 2.75) is 0 Å². The summed E-state index contributed by atoms with van der Waals surface area (Å²) in [5.74, 6) is -8.30. The first kappa shape index (κ1) is 13.7. The van der Waals surface area contributed by atoms with Crippen LogP contribution in [-0.2, 0) is 0 Å². The third-order valence-corrected chi connectivity index (χ3v) is 2.36. The van der Waals surface area contributed by atoms with Gasteiger partial charge in [0.05, 0.1) is 17.3 Å². The van der Waals surface area contributed by atoms with Gasteiger partial charge in [0.2, 0.25) is 11.6 Å². The number of hydrogen-bond donors (Lipinski definition) is 1. The van der Waals surface area contributed by atoms with Gasteiger partial charge < -0.3 is 5.32 Å². The molecule has 1 aromatic heterocycles. The lowest BCUT2D eigenvalue weighted by atomic mass is 10.2. The molecule has 0 saturated heterocycles. The fourth-order valence-electron chi connectivity index (χ4n) is 1.42. The summed E-state index contributed by atoms with van der Waals surface area (Å²) in [5.41, 5.74) is -1.69. The first-order valence-corrected chi connectivity index (χ1v) is 5.10. The van der Waals surface area contributed by atoms with E-state index in [1.807, 2.05) is 5.32 Å². The van der Waals surface area contributed by atoms with Gasteiger partial charge in [-0.05, 0) is 18.2 Å². The Hall–Kier alpha value is -2.69. The molecule has 8 heteroatoms. The van der Waals surface area contributed by atoms with E-state index in [0.717, 1.165) is 18.2 Å². The maximum atomic E-state index is 13.5. The molecule has 102 valence electrons. The molecule has 1 aromatic carbocycles. The van der Waals surface area contributed by atoms with Crippen molar-refractivity contribution in [1.82, 2.24) is 4.98 Å². The van der Waals surface area contributed by atoms with Crippen LogP contribution in [0.2, 0.25) is 0 Å². The molecule has 2 rings (SSSR count). The van der Waals surface area contributed by atoms with Gasteiger partial charge in [0.25, 0.3) is 11.9 Å². The van der Waals surface area contributed by atoms with E-state index in [0.29, 0.717) is 0 Å². The molecule has 0 fully saturated rings. The average molecular weight is 285 g/mol. The van der Waals surface area contributed by atoms with Gasteiger partial charge in [-0.3, -0.25) is 0 Å². The second-order valence-corrected chi connectivity index (χ2v) is 3.63. The van der Waals surface area contributed by atoms with Crippen molar-refractivity contribution < 1.29 is 22.0 Å². The molecule has 0 atom stereocenters. The molecule has 20 heavy (non-hydrogen) atoms. The lowest BCUT2D eigenvalue weighted by Crippen LogP contribution is -2.07. The van der Waals surface area contributed by atoms with Crippen LogP contribution in [0.15, 0.2) is 18.2 Å². The number of halogens is 5. The topological polar surface area (TPSA) is 48.7 Å².